The van der Waals surface area contributed by atoms with Crippen molar-refractivity contribution in [3.63, 3.8) is 0 Å². The Hall–Kier alpha value is -2.19. The monoisotopic (exact) mass is 404 g/mol. The highest BCUT2D eigenvalue weighted by Gasteiger charge is 2.31. The molecule has 0 radical (unpaired) electrons. The van der Waals surface area contributed by atoms with E-state index in [0.29, 0.717) is 12.4 Å². The van der Waals surface area contributed by atoms with Gasteiger partial charge in [-0.3, -0.25) is 9.89 Å². The third-order valence-electron chi connectivity index (χ3n) is 5.07. The molecular formula is C20H28N4O3S. The maximum Gasteiger partial charge on any atom is 0.256 e. The molecule has 1 aliphatic rings. The molecule has 1 aromatic carbocycles. The van der Waals surface area contributed by atoms with Crippen molar-refractivity contribution < 1.29 is 13.2 Å². The van der Waals surface area contributed by atoms with Crippen LogP contribution in [-0.2, 0) is 15.4 Å². The fourth-order valence-corrected chi connectivity index (χ4v) is 5.07. The van der Waals surface area contributed by atoms with E-state index in [1.807, 2.05) is 27.7 Å². The number of piperidine rings is 1. The lowest BCUT2D eigenvalue weighted by Gasteiger charge is -2.32. The summed E-state index contributed by atoms with van der Waals surface area (Å²) >= 11 is 0. The van der Waals surface area contributed by atoms with Gasteiger partial charge >= 0.3 is 0 Å². The van der Waals surface area contributed by atoms with Crippen LogP contribution >= 0.6 is 0 Å². The second kappa shape index (κ2) is 7.67. The Morgan fingerprint density at radius 3 is 2.64 bits per heavy atom. The van der Waals surface area contributed by atoms with Gasteiger partial charge in [0.05, 0.1) is 4.90 Å². The first kappa shape index (κ1) is 20.5. The topological polar surface area (TPSA) is 95.2 Å². The SMILES string of the molecule is CC1CCCCN1S(=O)(=O)c1cccc(C(=O)Nc2cc(C(C)(C)C)[nH]n2)c1. The maximum atomic E-state index is 13.0. The normalized spacial score (nSPS) is 18.8. The molecule has 8 heteroatoms. The van der Waals surface area contributed by atoms with Crippen LogP contribution < -0.4 is 5.32 Å². The van der Waals surface area contributed by atoms with E-state index >= 15 is 0 Å². The number of sulfonamides is 1. The summed E-state index contributed by atoms with van der Waals surface area (Å²) in [5.41, 5.74) is 1.07. The predicted molar refractivity (Wildman–Crippen MR) is 109 cm³/mol. The Kier molecular flexibility index (Phi) is 5.63. The average Bonchev–Trinajstić information content (AvgIpc) is 3.11. The Labute approximate surface area is 166 Å². The van der Waals surface area contributed by atoms with E-state index in [2.05, 4.69) is 15.5 Å². The molecule has 2 N–H and O–H groups in total. The molecule has 1 atom stereocenters. The van der Waals surface area contributed by atoms with Crippen LogP contribution in [0.25, 0.3) is 0 Å². The van der Waals surface area contributed by atoms with Crippen LogP contribution in [0.5, 0.6) is 0 Å². The fraction of sp³-hybridized carbons (Fsp3) is 0.500. The number of aromatic nitrogens is 2. The summed E-state index contributed by atoms with van der Waals surface area (Å²) in [6.07, 6.45) is 2.75. The summed E-state index contributed by atoms with van der Waals surface area (Å²) in [4.78, 5) is 12.8. The first-order valence-electron chi connectivity index (χ1n) is 9.58. The quantitative estimate of drug-likeness (QED) is 0.815. The van der Waals surface area contributed by atoms with Gasteiger partial charge in [-0.05, 0) is 38.0 Å². The summed E-state index contributed by atoms with van der Waals surface area (Å²) in [7, 11) is -3.62. The van der Waals surface area contributed by atoms with Crippen molar-refractivity contribution in [1.82, 2.24) is 14.5 Å². The summed E-state index contributed by atoms with van der Waals surface area (Å²) in [5, 5.41) is 9.77. The van der Waals surface area contributed by atoms with Gasteiger partial charge in [0.2, 0.25) is 10.0 Å². The minimum absolute atomic E-state index is 0.0314. The highest BCUT2D eigenvalue weighted by atomic mass is 32.2. The van der Waals surface area contributed by atoms with Crippen LogP contribution in [-0.4, -0.2) is 41.4 Å². The van der Waals surface area contributed by atoms with Crippen molar-refractivity contribution in [3.8, 4) is 0 Å². The second-order valence-electron chi connectivity index (χ2n) is 8.36. The predicted octanol–water partition coefficient (Wildman–Crippen LogP) is 3.52. The van der Waals surface area contributed by atoms with Crippen molar-refractivity contribution in [2.75, 3.05) is 11.9 Å². The van der Waals surface area contributed by atoms with E-state index in [4.69, 9.17) is 0 Å². The van der Waals surface area contributed by atoms with Gasteiger partial charge in [-0.25, -0.2) is 8.42 Å². The second-order valence-corrected chi connectivity index (χ2v) is 10.2. The molecule has 1 aliphatic heterocycles. The smallest absolute Gasteiger partial charge is 0.256 e. The number of anilines is 1. The van der Waals surface area contributed by atoms with E-state index in [-0.39, 0.29) is 21.9 Å². The van der Waals surface area contributed by atoms with Crippen LogP contribution in [0, 0.1) is 0 Å². The molecule has 0 spiro atoms. The van der Waals surface area contributed by atoms with Gasteiger partial charge in [-0.1, -0.05) is 33.3 Å². The number of aromatic amines is 1. The standard InChI is InChI=1S/C20H28N4O3S/c1-14-8-5-6-11-24(14)28(26,27)16-10-7-9-15(12-16)19(25)21-18-13-17(22-23-18)20(2,3)4/h7,9-10,12-14H,5-6,8,11H2,1-4H3,(H2,21,22,23,25). The van der Waals surface area contributed by atoms with Gasteiger partial charge in [0.25, 0.3) is 5.91 Å². The van der Waals surface area contributed by atoms with E-state index in [0.717, 1.165) is 25.0 Å². The van der Waals surface area contributed by atoms with Crippen molar-refractivity contribution in [1.29, 1.82) is 0 Å². The number of H-pyrrole nitrogens is 1. The van der Waals surface area contributed by atoms with Gasteiger partial charge in [-0.2, -0.15) is 9.40 Å². The molecular weight excluding hydrogens is 376 g/mol. The van der Waals surface area contributed by atoms with Crippen molar-refractivity contribution in [2.45, 2.75) is 63.3 Å². The molecule has 1 unspecified atom stereocenters. The zero-order valence-corrected chi connectivity index (χ0v) is 17.6. The fourth-order valence-electron chi connectivity index (χ4n) is 3.32. The molecule has 2 aromatic rings. The van der Waals surface area contributed by atoms with E-state index in [9.17, 15) is 13.2 Å². The van der Waals surface area contributed by atoms with Crippen LogP contribution in [0.2, 0.25) is 0 Å². The van der Waals surface area contributed by atoms with E-state index in [1.54, 1.807) is 24.3 Å². The first-order valence-corrected chi connectivity index (χ1v) is 11.0. The molecule has 1 saturated heterocycles. The minimum atomic E-state index is -3.62. The minimum Gasteiger partial charge on any atom is -0.305 e. The summed E-state index contributed by atoms with van der Waals surface area (Å²) in [6.45, 7) is 8.58. The third-order valence-corrected chi connectivity index (χ3v) is 7.08. The van der Waals surface area contributed by atoms with Crippen molar-refractivity contribution in [3.05, 3.63) is 41.6 Å². The van der Waals surface area contributed by atoms with Gasteiger partial charge in [0.1, 0.15) is 0 Å². The van der Waals surface area contributed by atoms with Crippen molar-refractivity contribution >= 4 is 21.7 Å². The Morgan fingerprint density at radius 1 is 1.25 bits per heavy atom. The number of carbonyl (C=O) groups excluding carboxylic acids is 1. The first-order chi connectivity index (χ1) is 13.1. The number of hydrogen-bond donors (Lipinski definition) is 2. The molecule has 1 amide bonds. The van der Waals surface area contributed by atoms with Crippen LogP contribution in [0.1, 0.15) is 63.0 Å². The Morgan fingerprint density at radius 2 is 2.00 bits per heavy atom. The lowest BCUT2D eigenvalue weighted by molar-refractivity contribution is 0.102. The molecule has 0 bridgehead atoms. The molecule has 3 rings (SSSR count). The number of benzene rings is 1. The Bertz CT molecular complexity index is 960. The average molecular weight is 405 g/mol. The van der Waals surface area contributed by atoms with Gasteiger partial charge in [-0.15, -0.1) is 0 Å². The molecule has 7 nitrogen and oxygen atoms in total. The van der Waals surface area contributed by atoms with Crippen LogP contribution in [0.4, 0.5) is 5.82 Å². The zero-order valence-electron chi connectivity index (χ0n) is 16.8. The molecule has 152 valence electrons. The third kappa shape index (κ3) is 4.28. The summed E-state index contributed by atoms with van der Waals surface area (Å²) in [6, 6.07) is 7.93. The highest BCUT2D eigenvalue weighted by molar-refractivity contribution is 7.89. The van der Waals surface area contributed by atoms with Gasteiger partial charge in [0.15, 0.2) is 5.82 Å². The molecule has 0 saturated carbocycles. The maximum absolute atomic E-state index is 13.0. The number of nitrogens with one attached hydrogen (secondary N) is 2. The number of hydrogen-bond acceptors (Lipinski definition) is 4. The summed E-state index contributed by atoms with van der Waals surface area (Å²) < 4.78 is 27.6. The number of carbonyl (C=O) groups is 1. The lowest BCUT2D eigenvalue weighted by Crippen LogP contribution is -2.41. The lowest BCUT2D eigenvalue weighted by atomic mass is 9.92. The van der Waals surface area contributed by atoms with E-state index < -0.39 is 15.9 Å². The van der Waals surface area contributed by atoms with Crippen LogP contribution in [0.3, 0.4) is 0 Å². The zero-order chi connectivity index (χ0) is 20.5. The largest absolute Gasteiger partial charge is 0.305 e. The molecule has 0 aliphatic carbocycles. The number of rotatable bonds is 4. The van der Waals surface area contributed by atoms with Gasteiger partial charge in [0, 0.05) is 35.3 Å². The number of nitrogens with zero attached hydrogens (tertiary/aromatic N) is 2. The van der Waals surface area contributed by atoms with E-state index in [1.165, 1.54) is 10.4 Å². The summed E-state index contributed by atoms with van der Waals surface area (Å²) in [5.74, 6) is 0.0172. The molecule has 2 heterocycles. The highest BCUT2D eigenvalue weighted by Crippen LogP contribution is 2.26. The molecule has 1 aromatic heterocycles. The van der Waals surface area contributed by atoms with Crippen LogP contribution in [0.15, 0.2) is 35.2 Å². The van der Waals surface area contributed by atoms with Crippen molar-refractivity contribution in [2.24, 2.45) is 0 Å². The molecule has 28 heavy (non-hydrogen) atoms. The van der Waals surface area contributed by atoms with Gasteiger partial charge < -0.3 is 5.32 Å². The number of amides is 1. The Balaban J connectivity index is 1.81. The molecule has 1 fully saturated rings.